The Labute approximate surface area is 191 Å². The molecule has 0 aliphatic rings. The first-order valence-electron chi connectivity index (χ1n) is 10.3. The van der Waals surface area contributed by atoms with Gasteiger partial charge in [0.25, 0.3) is 0 Å². The van der Waals surface area contributed by atoms with E-state index in [2.05, 4.69) is 16.0 Å². The van der Waals surface area contributed by atoms with E-state index in [0.29, 0.717) is 12.0 Å². The number of phenolic OH excluding ortho intramolecular Hbond substituents is 1. The lowest BCUT2D eigenvalue weighted by atomic mass is 10.1. The number of carbonyl (C=O) groups is 4. The van der Waals surface area contributed by atoms with Crippen molar-refractivity contribution in [2.75, 3.05) is 6.54 Å². The van der Waals surface area contributed by atoms with Crippen LogP contribution in [0.1, 0.15) is 18.1 Å². The maximum atomic E-state index is 12.2. The number of aliphatic carboxylic acids is 1. The Morgan fingerprint density at radius 3 is 2.09 bits per heavy atom. The molecular formula is C23H28N4O6. The highest BCUT2D eigenvalue weighted by Crippen LogP contribution is 2.11. The minimum Gasteiger partial charge on any atom is -0.508 e. The minimum absolute atomic E-state index is 0.00105. The molecule has 10 heteroatoms. The molecule has 2 aromatic rings. The number of hydrogen-bond acceptors (Lipinski definition) is 6. The topological polar surface area (TPSA) is 171 Å². The van der Waals surface area contributed by atoms with Gasteiger partial charge in [-0.2, -0.15) is 0 Å². The highest BCUT2D eigenvalue weighted by atomic mass is 16.4. The fraction of sp³-hybridized carbons (Fsp3) is 0.304. The highest BCUT2D eigenvalue weighted by molar-refractivity contribution is 5.92. The highest BCUT2D eigenvalue weighted by Gasteiger charge is 2.23. The maximum Gasteiger partial charge on any atom is 0.326 e. The molecule has 7 N–H and O–H groups in total. The van der Waals surface area contributed by atoms with E-state index in [-0.39, 0.29) is 12.2 Å². The van der Waals surface area contributed by atoms with Crippen molar-refractivity contribution in [2.24, 2.45) is 5.73 Å². The predicted molar refractivity (Wildman–Crippen MR) is 120 cm³/mol. The zero-order chi connectivity index (χ0) is 24.4. The Hall–Kier alpha value is -3.92. The van der Waals surface area contributed by atoms with Crippen LogP contribution in [0.4, 0.5) is 0 Å². The summed E-state index contributed by atoms with van der Waals surface area (Å²) in [5.74, 6) is -3.02. The number of rotatable bonds is 11. The third-order valence-electron chi connectivity index (χ3n) is 4.82. The van der Waals surface area contributed by atoms with Gasteiger partial charge in [0.15, 0.2) is 0 Å². The van der Waals surface area contributed by atoms with E-state index in [0.717, 1.165) is 5.56 Å². The summed E-state index contributed by atoms with van der Waals surface area (Å²) in [6.07, 6.45) is 0.308. The largest absolute Gasteiger partial charge is 0.508 e. The fourth-order valence-corrected chi connectivity index (χ4v) is 2.98. The second kappa shape index (κ2) is 12.2. The summed E-state index contributed by atoms with van der Waals surface area (Å²) < 4.78 is 0. The zero-order valence-electron chi connectivity index (χ0n) is 18.2. The fourth-order valence-electron chi connectivity index (χ4n) is 2.98. The summed E-state index contributed by atoms with van der Waals surface area (Å²) in [6.45, 7) is 0.986. The third kappa shape index (κ3) is 8.62. The summed E-state index contributed by atoms with van der Waals surface area (Å²) in [5, 5.41) is 25.8. The van der Waals surface area contributed by atoms with Crippen molar-refractivity contribution >= 4 is 23.7 Å². The summed E-state index contributed by atoms with van der Waals surface area (Å²) in [5.41, 5.74) is 7.39. The summed E-state index contributed by atoms with van der Waals surface area (Å²) >= 11 is 0. The Morgan fingerprint density at radius 1 is 0.879 bits per heavy atom. The first-order valence-corrected chi connectivity index (χ1v) is 10.3. The Morgan fingerprint density at radius 2 is 1.48 bits per heavy atom. The number of carboxylic acid groups (broad SMARTS) is 1. The smallest absolute Gasteiger partial charge is 0.326 e. The average molecular weight is 456 g/mol. The first-order chi connectivity index (χ1) is 15.7. The maximum absolute atomic E-state index is 12.2. The molecule has 0 fully saturated rings. The van der Waals surface area contributed by atoms with Gasteiger partial charge in [0.05, 0.1) is 12.6 Å². The van der Waals surface area contributed by atoms with E-state index in [1.165, 1.54) is 19.1 Å². The predicted octanol–water partition coefficient (Wildman–Crippen LogP) is -0.305. The van der Waals surface area contributed by atoms with Crippen molar-refractivity contribution in [3.63, 3.8) is 0 Å². The van der Waals surface area contributed by atoms with Gasteiger partial charge in [0.2, 0.25) is 17.7 Å². The Balaban J connectivity index is 1.79. The molecule has 0 heterocycles. The number of nitrogens with one attached hydrogen (secondary N) is 3. The molecule has 0 aliphatic heterocycles. The summed E-state index contributed by atoms with van der Waals surface area (Å²) in [7, 11) is 0. The molecule has 2 aromatic carbocycles. The van der Waals surface area contributed by atoms with E-state index in [1.807, 2.05) is 30.3 Å². The lowest BCUT2D eigenvalue weighted by Gasteiger charge is -2.18. The molecule has 3 unspecified atom stereocenters. The quantitative estimate of drug-likeness (QED) is 0.269. The van der Waals surface area contributed by atoms with Gasteiger partial charge in [0, 0.05) is 6.42 Å². The Kier molecular flexibility index (Phi) is 9.37. The number of amides is 3. The number of aromatic hydroxyl groups is 1. The number of carboxylic acids is 1. The lowest BCUT2D eigenvalue weighted by Crippen LogP contribution is -2.52. The molecular weight excluding hydrogens is 428 g/mol. The van der Waals surface area contributed by atoms with E-state index in [9.17, 15) is 29.4 Å². The molecule has 10 nitrogen and oxygen atoms in total. The number of carbonyl (C=O) groups excluding carboxylic acids is 3. The number of phenols is 1. The molecule has 0 saturated carbocycles. The third-order valence-corrected chi connectivity index (χ3v) is 4.82. The molecule has 3 atom stereocenters. The second-order valence-corrected chi connectivity index (χ2v) is 7.57. The van der Waals surface area contributed by atoms with Crippen LogP contribution in [-0.2, 0) is 32.0 Å². The molecule has 0 saturated heterocycles. The zero-order valence-corrected chi connectivity index (χ0v) is 18.2. The van der Waals surface area contributed by atoms with Gasteiger partial charge in [0.1, 0.15) is 17.8 Å². The molecule has 0 radical (unpaired) electrons. The van der Waals surface area contributed by atoms with Gasteiger partial charge < -0.3 is 31.9 Å². The van der Waals surface area contributed by atoms with Crippen molar-refractivity contribution in [3.8, 4) is 5.75 Å². The van der Waals surface area contributed by atoms with Crippen molar-refractivity contribution in [2.45, 2.75) is 37.9 Å². The van der Waals surface area contributed by atoms with Crippen molar-refractivity contribution < 1.29 is 29.4 Å². The van der Waals surface area contributed by atoms with Gasteiger partial charge in [-0.1, -0.05) is 42.5 Å². The number of hydrogen-bond donors (Lipinski definition) is 6. The molecule has 2 rings (SSSR count). The molecule has 176 valence electrons. The van der Waals surface area contributed by atoms with Crippen LogP contribution >= 0.6 is 0 Å². The lowest BCUT2D eigenvalue weighted by molar-refractivity contribution is -0.141. The molecule has 0 aromatic heterocycles. The van der Waals surface area contributed by atoms with Crippen LogP contribution in [0.3, 0.4) is 0 Å². The van der Waals surface area contributed by atoms with E-state index in [1.54, 1.807) is 12.1 Å². The summed E-state index contributed by atoms with van der Waals surface area (Å²) in [6, 6.07) is 12.1. The second-order valence-electron chi connectivity index (χ2n) is 7.57. The van der Waals surface area contributed by atoms with E-state index in [4.69, 9.17) is 5.73 Å². The normalized spacial score (nSPS) is 13.3. The average Bonchev–Trinajstić information content (AvgIpc) is 2.78. The molecule has 3 amide bonds. The van der Waals surface area contributed by atoms with Crippen LogP contribution in [-0.4, -0.2) is 58.6 Å². The van der Waals surface area contributed by atoms with Crippen molar-refractivity contribution in [3.05, 3.63) is 65.7 Å². The minimum atomic E-state index is -1.24. The number of benzene rings is 2. The molecule has 0 spiro atoms. The standard InChI is InChI=1S/C23H28N4O6/c1-14(26-22(31)18(24)11-15-5-3-2-4-6-15)21(30)25-13-20(29)27-19(23(32)33)12-16-7-9-17(28)10-8-16/h2-10,14,18-19,28H,11-13,24H2,1H3,(H,25,30)(H,26,31)(H,27,29)(H,32,33). The van der Waals surface area contributed by atoms with Crippen LogP contribution in [0.5, 0.6) is 5.75 Å². The van der Waals surface area contributed by atoms with Gasteiger partial charge in [-0.05, 0) is 36.6 Å². The Bertz CT molecular complexity index is 965. The van der Waals surface area contributed by atoms with Crippen molar-refractivity contribution in [1.82, 2.24) is 16.0 Å². The van der Waals surface area contributed by atoms with Gasteiger partial charge in [-0.25, -0.2) is 4.79 Å². The first kappa shape index (κ1) is 25.3. The number of nitrogens with two attached hydrogens (primary N) is 1. The SMILES string of the molecule is CC(NC(=O)C(N)Cc1ccccc1)C(=O)NCC(=O)NC(Cc1ccc(O)cc1)C(=O)O. The molecule has 33 heavy (non-hydrogen) atoms. The van der Waals surface area contributed by atoms with Crippen LogP contribution in [0, 0.1) is 0 Å². The van der Waals surface area contributed by atoms with Crippen molar-refractivity contribution in [1.29, 1.82) is 0 Å². The van der Waals surface area contributed by atoms with Crippen LogP contribution < -0.4 is 21.7 Å². The molecule has 0 bridgehead atoms. The van der Waals surface area contributed by atoms with Crippen LogP contribution in [0.15, 0.2) is 54.6 Å². The van der Waals surface area contributed by atoms with Gasteiger partial charge in [-0.15, -0.1) is 0 Å². The van der Waals surface area contributed by atoms with E-state index >= 15 is 0 Å². The van der Waals surface area contributed by atoms with Crippen LogP contribution in [0.25, 0.3) is 0 Å². The van der Waals surface area contributed by atoms with Gasteiger partial charge in [-0.3, -0.25) is 14.4 Å². The monoisotopic (exact) mass is 456 g/mol. The molecule has 0 aliphatic carbocycles. The van der Waals surface area contributed by atoms with Gasteiger partial charge >= 0.3 is 5.97 Å². The van der Waals surface area contributed by atoms with Crippen LogP contribution in [0.2, 0.25) is 0 Å². The van der Waals surface area contributed by atoms with E-state index < -0.39 is 48.4 Å². The summed E-state index contributed by atoms with van der Waals surface area (Å²) in [4.78, 5) is 48.0.